The summed E-state index contributed by atoms with van der Waals surface area (Å²) in [6.07, 6.45) is 3.15. The van der Waals surface area contributed by atoms with Gasteiger partial charge in [0, 0.05) is 41.2 Å². The molecular weight excluding hydrogens is 496 g/mol. The number of aliphatic hydroxyl groups is 1. The number of nitrogens with one attached hydrogen (secondary N) is 2. The SMILES string of the molecule is COc1cc(-c2c[nH]c3nccc(Oc4c(F)cc(NC5=NC[C@](C)(CO)CO5)cc4F)c23)ccc1C#N. The van der Waals surface area contributed by atoms with E-state index in [9.17, 15) is 10.4 Å². The molecule has 0 spiro atoms. The van der Waals surface area contributed by atoms with Crippen LogP contribution < -0.4 is 14.8 Å². The van der Waals surface area contributed by atoms with Gasteiger partial charge in [-0.2, -0.15) is 5.26 Å². The third-order valence-electron chi connectivity index (χ3n) is 6.17. The van der Waals surface area contributed by atoms with Crippen molar-refractivity contribution < 1.29 is 28.1 Å². The number of aromatic amines is 1. The molecule has 0 bridgehead atoms. The van der Waals surface area contributed by atoms with Gasteiger partial charge in [-0.25, -0.2) is 18.8 Å². The van der Waals surface area contributed by atoms with Crippen molar-refractivity contribution in [2.75, 3.05) is 32.2 Å². The van der Waals surface area contributed by atoms with Crippen molar-refractivity contribution in [2.45, 2.75) is 6.92 Å². The summed E-state index contributed by atoms with van der Waals surface area (Å²) in [6, 6.07) is 10.9. The van der Waals surface area contributed by atoms with E-state index >= 15 is 8.78 Å². The van der Waals surface area contributed by atoms with Crippen LogP contribution in [0, 0.1) is 28.4 Å². The summed E-state index contributed by atoms with van der Waals surface area (Å²) >= 11 is 0. The zero-order valence-corrected chi connectivity index (χ0v) is 20.5. The minimum absolute atomic E-state index is 0.0885. The number of methoxy groups -OCH3 is 1. The first-order valence-corrected chi connectivity index (χ1v) is 11.6. The van der Waals surface area contributed by atoms with Gasteiger partial charge in [0.25, 0.3) is 6.02 Å². The quantitative estimate of drug-likeness (QED) is 0.328. The molecule has 1 aliphatic rings. The number of pyridine rings is 1. The fourth-order valence-electron chi connectivity index (χ4n) is 4.02. The highest BCUT2D eigenvalue weighted by atomic mass is 19.1. The summed E-state index contributed by atoms with van der Waals surface area (Å²) in [4.78, 5) is 11.5. The van der Waals surface area contributed by atoms with Crippen LogP contribution in [0.1, 0.15) is 12.5 Å². The molecule has 3 heterocycles. The first kappa shape index (κ1) is 25.0. The van der Waals surface area contributed by atoms with Gasteiger partial charge in [0.15, 0.2) is 17.4 Å². The van der Waals surface area contributed by atoms with Gasteiger partial charge >= 0.3 is 0 Å². The molecule has 1 aliphatic heterocycles. The van der Waals surface area contributed by atoms with Crippen LogP contribution >= 0.6 is 0 Å². The second-order valence-electron chi connectivity index (χ2n) is 9.14. The number of fused-ring (bicyclic) bond motifs is 1. The lowest BCUT2D eigenvalue weighted by atomic mass is 9.93. The zero-order chi connectivity index (χ0) is 26.9. The second-order valence-corrected chi connectivity index (χ2v) is 9.14. The number of nitrogens with zero attached hydrogens (tertiary/aromatic N) is 3. The molecule has 0 unspecified atom stereocenters. The van der Waals surface area contributed by atoms with E-state index in [0.717, 1.165) is 12.1 Å². The lowest BCUT2D eigenvalue weighted by molar-refractivity contribution is 0.0706. The van der Waals surface area contributed by atoms with E-state index in [4.69, 9.17) is 14.2 Å². The second kappa shape index (κ2) is 9.99. The Morgan fingerprint density at radius 2 is 2.00 bits per heavy atom. The Balaban J connectivity index is 1.46. The van der Waals surface area contributed by atoms with Gasteiger partial charge in [-0.1, -0.05) is 13.0 Å². The molecule has 0 radical (unpaired) electrons. The van der Waals surface area contributed by atoms with Crippen molar-refractivity contribution >= 4 is 22.7 Å². The zero-order valence-electron chi connectivity index (χ0n) is 20.5. The summed E-state index contributed by atoms with van der Waals surface area (Å²) in [6.45, 7) is 2.25. The van der Waals surface area contributed by atoms with Crippen LogP contribution in [0.15, 0.2) is 53.8 Å². The number of anilines is 1. The van der Waals surface area contributed by atoms with Crippen LogP contribution in [-0.4, -0.2) is 48.0 Å². The molecule has 0 fully saturated rings. The highest BCUT2D eigenvalue weighted by molar-refractivity contribution is 5.98. The Bertz CT molecular complexity index is 1570. The molecule has 9 nitrogen and oxygen atoms in total. The van der Waals surface area contributed by atoms with Crippen molar-refractivity contribution in [1.29, 1.82) is 5.26 Å². The molecule has 2 aromatic carbocycles. The molecule has 11 heteroatoms. The van der Waals surface area contributed by atoms with Crippen LogP contribution in [-0.2, 0) is 4.74 Å². The first-order chi connectivity index (χ1) is 18.3. The van der Waals surface area contributed by atoms with E-state index in [2.05, 4.69) is 26.3 Å². The number of rotatable bonds is 6. The van der Waals surface area contributed by atoms with Crippen molar-refractivity contribution in [2.24, 2.45) is 10.4 Å². The summed E-state index contributed by atoms with van der Waals surface area (Å²) in [5.74, 6) is -1.90. The maximum absolute atomic E-state index is 15.1. The van der Waals surface area contributed by atoms with Gasteiger partial charge in [0.05, 0.1) is 31.2 Å². The highest BCUT2D eigenvalue weighted by Gasteiger charge is 2.29. The van der Waals surface area contributed by atoms with E-state index in [1.54, 1.807) is 24.4 Å². The Hall–Kier alpha value is -4.69. The van der Waals surface area contributed by atoms with E-state index in [0.29, 0.717) is 40.0 Å². The molecule has 0 saturated carbocycles. The van der Waals surface area contributed by atoms with Crippen molar-refractivity contribution in [3.05, 3.63) is 66.0 Å². The number of nitriles is 1. The normalized spacial score (nSPS) is 16.9. The fraction of sp³-hybridized carbons (Fsp3) is 0.222. The predicted molar refractivity (Wildman–Crippen MR) is 136 cm³/mol. The topological polar surface area (TPSA) is 125 Å². The third-order valence-corrected chi connectivity index (χ3v) is 6.17. The summed E-state index contributed by atoms with van der Waals surface area (Å²) in [5, 5.41) is 22.0. The summed E-state index contributed by atoms with van der Waals surface area (Å²) in [5.41, 5.74) is 1.74. The number of aliphatic imine (C=N–C) groups is 1. The van der Waals surface area contributed by atoms with E-state index in [1.807, 2.05) is 6.92 Å². The molecule has 194 valence electrons. The molecule has 38 heavy (non-hydrogen) atoms. The van der Waals surface area contributed by atoms with Crippen molar-refractivity contribution in [3.63, 3.8) is 0 Å². The molecule has 5 rings (SSSR count). The van der Waals surface area contributed by atoms with Crippen molar-refractivity contribution in [1.82, 2.24) is 9.97 Å². The first-order valence-electron chi connectivity index (χ1n) is 11.6. The average Bonchev–Trinajstić information content (AvgIpc) is 3.37. The summed E-state index contributed by atoms with van der Waals surface area (Å²) < 4.78 is 46.7. The van der Waals surface area contributed by atoms with Crippen LogP contribution in [0.2, 0.25) is 0 Å². The molecule has 3 N–H and O–H groups in total. The molecule has 1 atom stereocenters. The number of H-pyrrole nitrogens is 1. The number of amidine groups is 1. The Morgan fingerprint density at radius 3 is 2.66 bits per heavy atom. The van der Waals surface area contributed by atoms with Gasteiger partial charge < -0.3 is 29.6 Å². The smallest absolute Gasteiger partial charge is 0.289 e. The number of hydrogen-bond acceptors (Lipinski definition) is 8. The number of hydrogen-bond donors (Lipinski definition) is 3. The monoisotopic (exact) mass is 519 g/mol. The lowest BCUT2D eigenvalue weighted by Gasteiger charge is -2.30. The molecule has 0 saturated heterocycles. The third kappa shape index (κ3) is 4.69. The van der Waals surface area contributed by atoms with E-state index in [1.165, 1.54) is 19.4 Å². The lowest BCUT2D eigenvalue weighted by Crippen LogP contribution is -2.38. The van der Waals surface area contributed by atoms with Gasteiger partial charge in [-0.3, -0.25) is 0 Å². The van der Waals surface area contributed by atoms with Gasteiger partial charge in [-0.05, 0) is 23.8 Å². The maximum Gasteiger partial charge on any atom is 0.289 e. The van der Waals surface area contributed by atoms with Gasteiger partial charge in [0.1, 0.15) is 29.8 Å². The van der Waals surface area contributed by atoms with Gasteiger partial charge in [-0.15, -0.1) is 0 Å². The molecule has 2 aromatic heterocycles. The fourth-order valence-corrected chi connectivity index (χ4v) is 4.02. The van der Waals surface area contributed by atoms with Gasteiger partial charge in [0.2, 0.25) is 0 Å². The number of ether oxygens (including phenoxy) is 3. The molecule has 0 aliphatic carbocycles. The Morgan fingerprint density at radius 1 is 1.21 bits per heavy atom. The molecule has 4 aromatic rings. The predicted octanol–water partition coefficient (Wildman–Crippen LogP) is 4.98. The Kier molecular flexibility index (Phi) is 6.57. The minimum atomic E-state index is -0.939. The highest BCUT2D eigenvalue weighted by Crippen LogP contribution is 2.39. The van der Waals surface area contributed by atoms with Crippen LogP contribution in [0.25, 0.3) is 22.2 Å². The number of benzene rings is 2. The Labute approximate surface area is 216 Å². The van der Waals surface area contributed by atoms with E-state index < -0.39 is 22.8 Å². The summed E-state index contributed by atoms with van der Waals surface area (Å²) in [7, 11) is 1.47. The molecule has 0 amide bonds. The molecular formula is C27H23F2N5O4. The standard InChI is InChI=1S/C27H23F2N5O4/c1-27(13-35)12-33-26(37-14-27)34-17-8-19(28)24(20(29)9-17)38-21-5-6-31-25-23(21)18(11-32-25)15-3-4-16(10-30)22(7-15)36-2/h3-9,11,35H,12-14H2,1-2H3,(H,31,32)(H,33,34)/t27-/m1/s1. The van der Waals surface area contributed by atoms with Crippen LogP contribution in [0.5, 0.6) is 17.2 Å². The number of aromatic nitrogens is 2. The largest absolute Gasteiger partial charge is 0.495 e. The minimum Gasteiger partial charge on any atom is -0.495 e. The van der Waals surface area contributed by atoms with Crippen LogP contribution in [0.3, 0.4) is 0 Å². The van der Waals surface area contributed by atoms with Crippen LogP contribution in [0.4, 0.5) is 14.5 Å². The van der Waals surface area contributed by atoms with E-state index in [-0.39, 0.29) is 30.7 Å². The average molecular weight is 520 g/mol. The maximum atomic E-state index is 15.1. The number of halogens is 2. The number of aliphatic hydroxyl groups excluding tert-OH is 1. The van der Waals surface area contributed by atoms with Crippen molar-refractivity contribution in [3.8, 4) is 34.4 Å².